The zero-order valence-corrected chi connectivity index (χ0v) is 22.5. The number of rotatable bonds is 9. The molecule has 8 nitrogen and oxygen atoms in total. The molecule has 3 N–H and O–H groups in total. The van der Waals surface area contributed by atoms with Crippen LogP contribution in [0.4, 0.5) is 11.5 Å². The van der Waals surface area contributed by atoms with E-state index in [-0.39, 0.29) is 23.8 Å². The Morgan fingerprint density at radius 2 is 1.87 bits per heavy atom. The van der Waals surface area contributed by atoms with E-state index in [0.717, 1.165) is 35.5 Å². The Kier molecular flexibility index (Phi) is 6.71. The minimum absolute atomic E-state index is 0.000602. The molecular weight excluding hydrogens is 490 g/mol. The molecule has 0 saturated carbocycles. The number of carbonyl (C=O) groups excluding carboxylic acids is 2. The Hall–Kier alpha value is -3.59. The molecule has 2 aromatic carbocycles. The molecule has 1 spiro atoms. The molecule has 202 valence electrons. The zero-order valence-electron chi connectivity index (χ0n) is 22.5. The number of benzene rings is 2. The Labute approximate surface area is 229 Å². The number of pyridine rings is 1. The van der Waals surface area contributed by atoms with Crippen LogP contribution in [-0.4, -0.2) is 55.0 Å². The molecule has 2 aliphatic heterocycles. The van der Waals surface area contributed by atoms with Crippen molar-refractivity contribution < 1.29 is 14.3 Å². The number of ether oxygens (including phenoxy) is 1. The number of fused-ring (bicyclic) bond motifs is 3. The topological polar surface area (TPSA) is 95.6 Å². The molecule has 1 aromatic heterocycles. The number of nitrogens with zero attached hydrogens (tertiary/aromatic N) is 2. The number of hydrogen-bond donors (Lipinski definition) is 3. The summed E-state index contributed by atoms with van der Waals surface area (Å²) in [6.45, 7) is 6.17. The first-order valence-corrected chi connectivity index (χ1v) is 13.6. The molecule has 1 fully saturated rings. The molecular formula is C31H35N5O3. The fourth-order valence-corrected chi connectivity index (χ4v) is 6.31. The number of aromatic nitrogens is 1. The summed E-state index contributed by atoms with van der Waals surface area (Å²) in [6, 6.07) is 18.3. The number of anilines is 2. The molecule has 39 heavy (non-hydrogen) atoms. The van der Waals surface area contributed by atoms with Gasteiger partial charge in [0.1, 0.15) is 5.82 Å². The van der Waals surface area contributed by atoms with Crippen LogP contribution in [0.3, 0.4) is 0 Å². The molecule has 0 radical (unpaired) electrons. The smallest absolute Gasteiger partial charge is 0.238 e. The number of carbonyl (C=O) groups is 2. The van der Waals surface area contributed by atoms with Crippen molar-refractivity contribution in [2.45, 2.75) is 38.3 Å². The van der Waals surface area contributed by atoms with Crippen molar-refractivity contribution in [2.24, 2.45) is 5.41 Å². The van der Waals surface area contributed by atoms with E-state index < -0.39 is 5.41 Å². The summed E-state index contributed by atoms with van der Waals surface area (Å²) < 4.78 is 5.49. The average molecular weight is 526 g/mol. The van der Waals surface area contributed by atoms with Crippen molar-refractivity contribution in [3.05, 3.63) is 88.6 Å². The predicted octanol–water partition coefficient (Wildman–Crippen LogP) is 3.27. The van der Waals surface area contributed by atoms with E-state index in [2.05, 4.69) is 57.0 Å². The van der Waals surface area contributed by atoms with Gasteiger partial charge in [0.25, 0.3) is 0 Å². The summed E-state index contributed by atoms with van der Waals surface area (Å²) in [5.74, 6) is 0.608. The molecule has 3 heterocycles. The van der Waals surface area contributed by atoms with Gasteiger partial charge in [0.05, 0.1) is 25.2 Å². The maximum absolute atomic E-state index is 13.3. The highest BCUT2D eigenvalue weighted by Gasteiger charge is 2.51. The summed E-state index contributed by atoms with van der Waals surface area (Å²) in [5, 5.41) is 9.32. The summed E-state index contributed by atoms with van der Waals surface area (Å²) >= 11 is 0. The van der Waals surface area contributed by atoms with Gasteiger partial charge >= 0.3 is 0 Å². The maximum Gasteiger partial charge on any atom is 0.238 e. The highest BCUT2D eigenvalue weighted by atomic mass is 16.5. The van der Waals surface area contributed by atoms with Gasteiger partial charge in [-0.2, -0.15) is 0 Å². The molecule has 2 amide bonds. The van der Waals surface area contributed by atoms with Crippen molar-refractivity contribution in [1.82, 2.24) is 15.2 Å². The summed E-state index contributed by atoms with van der Waals surface area (Å²) in [7, 11) is 1.95. The van der Waals surface area contributed by atoms with Crippen LogP contribution in [0.1, 0.15) is 34.7 Å². The van der Waals surface area contributed by atoms with Gasteiger partial charge in [0.15, 0.2) is 0 Å². The lowest BCUT2D eigenvalue weighted by molar-refractivity contribution is -0.126. The molecule has 1 unspecified atom stereocenters. The zero-order chi connectivity index (χ0) is 27.0. The third-order valence-electron chi connectivity index (χ3n) is 8.22. The largest absolute Gasteiger partial charge is 0.380 e. The van der Waals surface area contributed by atoms with Crippen molar-refractivity contribution in [3.63, 3.8) is 0 Å². The van der Waals surface area contributed by atoms with E-state index in [1.807, 2.05) is 37.4 Å². The molecule has 8 heteroatoms. The summed E-state index contributed by atoms with van der Waals surface area (Å²) in [5.41, 5.74) is 5.84. The molecule has 0 bridgehead atoms. The number of nitrogens with one attached hydrogen (secondary N) is 3. The van der Waals surface area contributed by atoms with E-state index in [0.29, 0.717) is 38.4 Å². The SMILES string of the molecule is CNCc1ccccc1CN(CC(=O)Nc1ccc2c(c1)CC1(C2)C(=O)Nc2ncccc21)CC1(C)COC1. The average Bonchev–Trinajstić information content (AvgIpc) is 3.41. The number of hydrogen-bond acceptors (Lipinski definition) is 6. The first-order valence-electron chi connectivity index (χ1n) is 13.6. The summed E-state index contributed by atoms with van der Waals surface area (Å²) in [6.07, 6.45) is 2.94. The molecule has 1 aliphatic carbocycles. The van der Waals surface area contributed by atoms with E-state index in [4.69, 9.17) is 4.74 Å². The van der Waals surface area contributed by atoms with E-state index in [9.17, 15) is 9.59 Å². The van der Waals surface area contributed by atoms with Crippen LogP contribution < -0.4 is 16.0 Å². The lowest BCUT2D eigenvalue weighted by Crippen LogP contribution is -2.50. The van der Waals surface area contributed by atoms with Crippen LogP contribution in [0.15, 0.2) is 60.8 Å². The van der Waals surface area contributed by atoms with Crippen LogP contribution in [0.2, 0.25) is 0 Å². The second-order valence-corrected chi connectivity index (χ2v) is 11.6. The molecule has 3 aliphatic rings. The van der Waals surface area contributed by atoms with Crippen LogP contribution in [0, 0.1) is 5.41 Å². The quantitative estimate of drug-likeness (QED) is 0.397. The van der Waals surface area contributed by atoms with Gasteiger partial charge in [-0.05, 0) is 60.3 Å². The fraction of sp³-hybridized carbons (Fsp3) is 0.387. The van der Waals surface area contributed by atoms with E-state index in [1.54, 1.807) is 6.20 Å². The molecule has 3 aromatic rings. The maximum atomic E-state index is 13.3. The molecule has 1 atom stereocenters. The Morgan fingerprint density at radius 3 is 2.64 bits per heavy atom. The van der Waals surface area contributed by atoms with Crippen LogP contribution in [0.25, 0.3) is 0 Å². The Morgan fingerprint density at radius 1 is 1.08 bits per heavy atom. The fourth-order valence-electron chi connectivity index (χ4n) is 6.31. The van der Waals surface area contributed by atoms with Gasteiger partial charge < -0.3 is 20.7 Å². The van der Waals surface area contributed by atoms with Gasteiger partial charge in [0.2, 0.25) is 11.8 Å². The highest BCUT2D eigenvalue weighted by Crippen LogP contribution is 2.46. The van der Waals surface area contributed by atoms with E-state index >= 15 is 0 Å². The third kappa shape index (κ3) is 4.95. The minimum atomic E-state index is -0.619. The second kappa shape index (κ2) is 10.2. The third-order valence-corrected chi connectivity index (χ3v) is 8.22. The first-order chi connectivity index (χ1) is 18.9. The van der Waals surface area contributed by atoms with Crippen LogP contribution in [0.5, 0.6) is 0 Å². The number of amides is 2. The molecule has 1 saturated heterocycles. The molecule has 6 rings (SSSR count). The highest BCUT2D eigenvalue weighted by molar-refractivity contribution is 6.06. The summed E-state index contributed by atoms with van der Waals surface area (Å²) in [4.78, 5) is 32.9. The van der Waals surface area contributed by atoms with Crippen LogP contribution >= 0.6 is 0 Å². The Bertz CT molecular complexity index is 1420. The normalized spacial score (nSPS) is 20.4. The van der Waals surface area contributed by atoms with Crippen LogP contribution in [-0.2, 0) is 45.7 Å². The Balaban J connectivity index is 1.16. The van der Waals surface area contributed by atoms with Crippen molar-refractivity contribution in [1.29, 1.82) is 0 Å². The standard InChI is InChI=1S/C31H35N5O3/c1-30(19-39-20-30)18-36(16-23-7-4-3-6-22(23)15-32-2)17-27(37)34-25-10-9-21-13-31(14-24(21)12-25)26-8-5-11-33-28(26)35-29(31)38/h3-12,32H,13-20H2,1-2H3,(H,34,37)(H,33,35,38). The van der Waals surface area contributed by atoms with Gasteiger partial charge in [-0.3, -0.25) is 14.5 Å². The first kappa shape index (κ1) is 25.7. The lowest BCUT2D eigenvalue weighted by Gasteiger charge is -2.41. The lowest BCUT2D eigenvalue weighted by atomic mass is 9.79. The predicted molar refractivity (Wildman–Crippen MR) is 150 cm³/mol. The van der Waals surface area contributed by atoms with E-state index in [1.165, 1.54) is 11.1 Å². The second-order valence-electron chi connectivity index (χ2n) is 11.6. The van der Waals surface area contributed by atoms with Crippen molar-refractivity contribution in [3.8, 4) is 0 Å². The monoisotopic (exact) mass is 525 g/mol. The van der Waals surface area contributed by atoms with Crippen molar-refractivity contribution in [2.75, 3.05) is 44.0 Å². The van der Waals surface area contributed by atoms with Gasteiger partial charge in [-0.15, -0.1) is 0 Å². The van der Waals surface area contributed by atoms with Crippen molar-refractivity contribution >= 4 is 23.3 Å². The van der Waals surface area contributed by atoms with Gasteiger partial charge in [-0.1, -0.05) is 43.3 Å². The van der Waals surface area contributed by atoms with Gasteiger partial charge in [0, 0.05) is 42.5 Å². The van der Waals surface area contributed by atoms with Gasteiger partial charge in [-0.25, -0.2) is 4.98 Å². The minimum Gasteiger partial charge on any atom is -0.380 e.